The first-order valence-electron chi connectivity index (χ1n) is 4.67. The van der Waals surface area contributed by atoms with Crippen LogP contribution in [0.2, 0.25) is 0 Å². The molecule has 92 valence electrons. The molecule has 0 aromatic carbocycles. The van der Waals surface area contributed by atoms with Gasteiger partial charge in [-0.15, -0.1) is 26.3 Å². The first-order chi connectivity index (χ1) is 7.41. The summed E-state index contributed by atoms with van der Waals surface area (Å²) in [5, 5.41) is 8.32. The van der Waals surface area contributed by atoms with Crippen LogP contribution in [-0.4, -0.2) is 51.9 Å². The zero-order chi connectivity index (χ0) is 12.4. The largest absolute Gasteiger partial charge is 0.394 e. The van der Waals surface area contributed by atoms with E-state index >= 15 is 0 Å². The van der Waals surface area contributed by atoms with Crippen molar-refractivity contribution >= 4 is 0 Å². The summed E-state index contributed by atoms with van der Waals surface area (Å²) in [5.74, 6) is 0. The summed E-state index contributed by atoms with van der Waals surface area (Å²) in [6, 6.07) is 0. The molecular weight excluding hydrogens is 196 g/mol. The predicted octanol–water partition coefficient (Wildman–Crippen LogP) is 1.26. The van der Waals surface area contributed by atoms with Crippen LogP contribution in [0.15, 0.2) is 26.3 Å². The summed E-state index contributed by atoms with van der Waals surface area (Å²) < 4.78 is 14.8. The number of rotatable bonds is 8. The first-order valence-corrected chi connectivity index (χ1v) is 4.67. The van der Waals surface area contributed by atoms with Gasteiger partial charge < -0.3 is 19.3 Å². The third-order valence-electron chi connectivity index (χ3n) is 1.04. The van der Waals surface area contributed by atoms with Gasteiger partial charge in [-0.3, -0.25) is 0 Å². The van der Waals surface area contributed by atoms with Crippen molar-refractivity contribution in [1.82, 2.24) is 0 Å². The van der Waals surface area contributed by atoms with Crippen molar-refractivity contribution < 1.29 is 19.3 Å². The van der Waals surface area contributed by atoms with Gasteiger partial charge in [0, 0.05) is 7.11 Å². The maximum absolute atomic E-state index is 8.32. The fraction of sp³-hybridized carbons (Fsp3) is 0.636. The van der Waals surface area contributed by atoms with Crippen molar-refractivity contribution in [3.63, 3.8) is 0 Å². The van der Waals surface area contributed by atoms with E-state index in [1.54, 1.807) is 7.11 Å². The second-order valence-corrected chi connectivity index (χ2v) is 1.94. The molecule has 0 bridgehead atoms. The zero-order valence-corrected chi connectivity index (χ0v) is 9.74. The fourth-order valence-electron chi connectivity index (χ4n) is 0.529. The minimum Gasteiger partial charge on any atom is -0.394 e. The van der Waals surface area contributed by atoms with E-state index in [2.05, 4.69) is 26.3 Å². The van der Waals surface area contributed by atoms with Gasteiger partial charge in [0.1, 0.15) is 0 Å². The summed E-state index contributed by atoms with van der Waals surface area (Å²) in [7, 11) is 1.63. The van der Waals surface area contributed by atoms with Crippen LogP contribution < -0.4 is 0 Å². The van der Waals surface area contributed by atoms with Crippen molar-refractivity contribution in [1.29, 1.82) is 0 Å². The number of hydrogen-bond acceptors (Lipinski definition) is 4. The molecule has 1 N–H and O–H groups in total. The van der Waals surface area contributed by atoms with Gasteiger partial charge in [-0.05, 0) is 0 Å². The molecule has 15 heavy (non-hydrogen) atoms. The summed E-state index contributed by atoms with van der Waals surface area (Å²) in [6.45, 7) is 14.7. The van der Waals surface area contributed by atoms with Crippen molar-refractivity contribution in [2.45, 2.75) is 0 Å². The lowest BCUT2D eigenvalue weighted by molar-refractivity contribution is 0.0159. The molecule has 0 rings (SSSR count). The van der Waals surface area contributed by atoms with E-state index in [0.29, 0.717) is 33.0 Å². The Morgan fingerprint density at radius 3 is 1.60 bits per heavy atom. The molecule has 0 aliphatic carbocycles. The highest BCUT2D eigenvalue weighted by atomic mass is 16.5. The third-order valence-corrected chi connectivity index (χ3v) is 1.04. The van der Waals surface area contributed by atoms with Crippen LogP contribution in [0.1, 0.15) is 0 Å². The number of aliphatic hydroxyl groups excluding tert-OH is 1. The Morgan fingerprint density at radius 2 is 1.20 bits per heavy atom. The Bertz CT molecular complexity index is 78.7. The third kappa shape index (κ3) is 31.9. The van der Waals surface area contributed by atoms with Crippen LogP contribution in [0.25, 0.3) is 0 Å². The highest BCUT2D eigenvalue weighted by molar-refractivity contribution is 4.31. The molecule has 0 aromatic heterocycles. The summed E-state index contributed by atoms with van der Waals surface area (Å²) >= 11 is 0. The summed E-state index contributed by atoms with van der Waals surface area (Å²) in [6.07, 6.45) is 0. The van der Waals surface area contributed by atoms with Gasteiger partial charge in [0.05, 0.1) is 39.6 Å². The van der Waals surface area contributed by atoms with Crippen LogP contribution in [0.3, 0.4) is 0 Å². The number of ether oxygens (including phenoxy) is 3. The second-order valence-electron chi connectivity index (χ2n) is 1.94. The van der Waals surface area contributed by atoms with E-state index in [1.807, 2.05) is 0 Å². The topological polar surface area (TPSA) is 47.9 Å². The van der Waals surface area contributed by atoms with E-state index in [4.69, 9.17) is 19.3 Å². The Labute approximate surface area is 93.2 Å². The molecule has 0 aliphatic rings. The highest BCUT2D eigenvalue weighted by Gasteiger charge is 1.87. The molecule has 0 unspecified atom stereocenters. The molecule has 0 atom stereocenters. The van der Waals surface area contributed by atoms with E-state index in [9.17, 15) is 0 Å². The summed E-state index contributed by atoms with van der Waals surface area (Å²) in [5.41, 5.74) is 0. The standard InChI is InChI=1S/C7H16O4.2C2H4/c1-9-4-5-11-7-6-10-3-2-8;2*1-2/h8H,2-7H2,1H3;2*1-2H2. The van der Waals surface area contributed by atoms with Gasteiger partial charge in [-0.25, -0.2) is 0 Å². The zero-order valence-electron chi connectivity index (χ0n) is 9.74. The molecule has 4 heteroatoms. The number of hydrogen-bond donors (Lipinski definition) is 1. The van der Waals surface area contributed by atoms with Crippen LogP contribution >= 0.6 is 0 Å². The molecule has 0 fully saturated rings. The van der Waals surface area contributed by atoms with Crippen LogP contribution in [-0.2, 0) is 14.2 Å². The maximum atomic E-state index is 8.32. The van der Waals surface area contributed by atoms with Crippen LogP contribution in [0, 0.1) is 0 Å². The molecule has 0 amide bonds. The van der Waals surface area contributed by atoms with E-state index < -0.39 is 0 Å². The van der Waals surface area contributed by atoms with Crippen molar-refractivity contribution in [3.05, 3.63) is 26.3 Å². The lowest BCUT2D eigenvalue weighted by Crippen LogP contribution is -2.09. The van der Waals surface area contributed by atoms with Crippen molar-refractivity contribution in [3.8, 4) is 0 Å². The highest BCUT2D eigenvalue weighted by Crippen LogP contribution is 1.78. The van der Waals surface area contributed by atoms with Gasteiger partial charge in [0.25, 0.3) is 0 Å². The lowest BCUT2D eigenvalue weighted by Gasteiger charge is -2.03. The Morgan fingerprint density at radius 1 is 0.800 bits per heavy atom. The molecule has 4 nitrogen and oxygen atoms in total. The lowest BCUT2D eigenvalue weighted by atomic mass is 10.7. The first kappa shape index (κ1) is 19.8. The smallest absolute Gasteiger partial charge is 0.0701 e. The van der Waals surface area contributed by atoms with E-state index in [0.717, 1.165) is 0 Å². The molecule has 0 aromatic rings. The Hall–Kier alpha value is -0.680. The SMILES string of the molecule is C=C.C=C.COCCOCCOCCO. The Balaban J connectivity index is -0.000000318. The number of aliphatic hydroxyl groups is 1. The normalized spacial score (nSPS) is 8.13. The monoisotopic (exact) mass is 220 g/mol. The average molecular weight is 220 g/mol. The van der Waals surface area contributed by atoms with E-state index in [1.165, 1.54) is 0 Å². The molecule has 0 saturated carbocycles. The Kier molecular flexibility index (Phi) is 38.6. The molecule has 0 saturated heterocycles. The average Bonchev–Trinajstić information content (AvgIpc) is 2.33. The fourth-order valence-corrected chi connectivity index (χ4v) is 0.529. The van der Waals surface area contributed by atoms with Crippen LogP contribution in [0.4, 0.5) is 0 Å². The van der Waals surface area contributed by atoms with Crippen LogP contribution in [0.5, 0.6) is 0 Å². The van der Waals surface area contributed by atoms with E-state index in [-0.39, 0.29) is 6.61 Å². The molecule has 0 spiro atoms. The quantitative estimate of drug-likeness (QED) is 0.494. The maximum Gasteiger partial charge on any atom is 0.0701 e. The summed E-state index contributed by atoms with van der Waals surface area (Å²) in [4.78, 5) is 0. The number of methoxy groups -OCH3 is 1. The van der Waals surface area contributed by atoms with Gasteiger partial charge in [0.15, 0.2) is 0 Å². The molecular formula is C11H24O4. The van der Waals surface area contributed by atoms with Gasteiger partial charge in [0.2, 0.25) is 0 Å². The minimum absolute atomic E-state index is 0.0675. The predicted molar refractivity (Wildman–Crippen MR) is 63.1 cm³/mol. The van der Waals surface area contributed by atoms with Crippen molar-refractivity contribution in [2.24, 2.45) is 0 Å². The molecule has 0 aliphatic heterocycles. The van der Waals surface area contributed by atoms with Gasteiger partial charge >= 0.3 is 0 Å². The molecule has 0 radical (unpaired) electrons. The van der Waals surface area contributed by atoms with Crippen molar-refractivity contribution in [2.75, 3.05) is 46.8 Å². The minimum atomic E-state index is 0.0675. The second kappa shape index (κ2) is 29.2. The van der Waals surface area contributed by atoms with Gasteiger partial charge in [-0.1, -0.05) is 0 Å². The molecule has 0 heterocycles. The van der Waals surface area contributed by atoms with Gasteiger partial charge in [-0.2, -0.15) is 0 Å².